The molecule has 0 heterocycles. The maximum atomic E-state index is 12.5. The second-order valence-corrected chi connectivity index (χ2v) is 3.54. The number of hydrogen-bond acceptors (Lipinski definition) is 2. The maximum absolute atomic E-state index is 12.5. The highest BCUT2D eigenvalue weighted by Gasteiger charge is 2.22. The Bertz CT molecular complexity index is 417. The fourth-order valence-corrected chi connectivity index (χ4v) is 1.23. The molecule has 0 spiro atoms. The third kappa shape index (κ3) is 4.65. The monoisotopic (exact) mass is 261 g/mol. The Morgan fingerprint density at radius 3 is 2.17 bits per heavy atom. The van der Waals surface area contributed by atoms with Gasteiger partial charge in [-0.15, -0.1) is 0 Å². The summed E-state index contributed by atoms with van der Waals surface area (Å²) in [7, 11) is 0. The zero-order valence-corrected chi connectivity index (χ0v) is 9.32. The topological polar surface area (TPSA) is 29.4 Å². The standard InChI is InChI=1S/C12H11F4NO/c13-11(14)9(6-10(18)12(15)16)17-7-8-4-2-1-3-5-8/h1-5,11-12H,6-7H2. The van der Waals surface area contributed by atoms with Crippen LogP contribution in [0, 0.1) is 0 Å². The Balaban J connectivity index is 2.70. The number of carbonyl (C=O) groups is 1. The molecule has 0 aliphatic rings. The highest BCUT2D eigenvalue weighted by molar-refractivity contribution is 6.04. The first-order valence-electron chi connectivity index (χ1n) is 5.17. The average Bonchev–Trinajstić information content (AvgIpc) is 2.34. The lowest BCUT2D eigenvalue weighted by atomic mass is 10.2. The summed E-state index contributed by atoms with van der Waals surface area (Å²) in [6.07, 6.45) is -7.26. The molecule has 1 aromatic rings. The Morgan fingerprint density at radius 1 is 1.06 bits per heavy atom. The average molecular weight is 261 g/mol. The van der Waals surface area contributed by atoms with Gasteiger partial charge in [0.2, 0.25) is 5.78 Å². The minimum atomic E-state index is -3.24. The van der Waals surface area contributed by atoms with Crippen molar-refractivity contribution in [2.24, 2.45) is 4.99 Å². The Kier molecular flexibility index (Phi) is 5.48. The molecule has 0 fully saturated rings. The van der Waals surface area contributed by atoms with Crippen molar-refractivity contribution in [2.75, 3.05) is 0 Å². The molecule has 98 valence electrons. The molecule has 1 rings (SSSR count). The fourth-order valence-electron chi connectivity index (χ4n) is 1.23. The summed E-state index contributed by atoms with van der Waals surface area (Å²) in [6, 6.07) is 8.50. The third-order valence-corrected chi connectivity index (χ3v) is 2.16. The lowest BCUT2D eigenvalue weighted by Crippen LogP contribution is -2.20. The minimum Gasteiger partial charge on any atom is -0.293 e. The fraction of sp³-hybridized carbons (Fsp3) is 0.333. The van der Waals surface area contributed by atoms with Gasteiger partial charge in [0.15, 0.2) is 0 Å². The first kappa shape index (κ1) is 14.3. The number of rotatable bonds is 6. The van der Waals surface area contributed by atoms with Crippen molar-refractivity contribution >= 4 is 11.5 Å². The van der Waals surface area contributed by atoms with E-state index in [-0.39, 0.29) is 6.54 Å². The van der Waals surface area contributed by atoms with Gasteiger partial charge in [0, 0.05) is 0 Å². The Morgan fingerprint density at radius 2 is 1.67 bits per heavy atom. The number of benzene rings is 1. The number of Topliss-reactive ketones (excluding diaryl/α,β-unsaturated/α-hetero) is 1. The third-order valence-electron chi connectivity index (χ3n) is 2.16. The summed E-state index contributed by atoms with van der Waals surface area (Å²) >= 11 is 0. The Hall–Kier alpha value is -1.72. The second kappa shape index (κ2) is 6.88. The molecule has 0 aliphatic carbocycles. The van der Waals surface area contributed by atoms with Crippen LogP contribution in [0.2, 0.25) is 0 Å². The van der Waals surface area contributed by atoms with E-state index in [2.05, 4.69) is 4.99 Å². The number of nitrogens with zero attached hydrogens (tertiary/aromatic N) is 1. The van der Waals surface area contributed by atoms with Crippen LogP contribution in [-0.4, -0.2) is 24.3 Å². The molecule has 2 nitrogen and oxygen atoms in total. The normalized spacial score (nSPS) is 12.2. The predicted molar refractivity (Wildman–Crippen MR) is 59.2 cm³/mol. The molecular formula is C12H11F4NO. The predicted octanol–water partition coefficient (Wildman–Crippen LogP) is 3.12. The van der Waals surface area contributed by atoms with Gasteiger partial charge in [0.25, 0.3) is 12.9 Å². The summed E-state index contributed by atoms with van der Waals surface area (Å²) in [4.78, 5) is 14.2. The quantitative estimate of drug-likeness (QED) is 0.571. The number of hydrogen-bond donors (Lipinski definition) is 0. The molecule has 0 saturated carbocycles. The van der Waals surface area contributed by atoms with Crippen molar-refractivity contribution < 1.29 is 22.4 Å². The molecule has 0 saturated heterocycles. The van der Waals surface area contributed by atoms with Crippen LogP contribution >= 0.6 is 0 Å². The van der Waals surface area contributed by atoms with E-state index in [1.54, 1.807) is 30.3 Å². The van der Waals surface area contributed by atoms with Crippen molar-refractivity contribution in [3.63, 3.8) is 0 Å². The van der Waals surface area contributed by atoms with E-state index in [1.165, 1.54) is 0 Å². The van der Waals surface area contributed by atoms with Crippen LogP contribution in [0.1, 0.15) is 12.0 Å². The van der Waals surface area contributed by atoms with Crippen LogP contribution in [0.15, 0.2) is 35.3 Å². The van der Waals surface area contributed by atoms with Crippen LogP contribution in [-0.2, 0) is 11.3 Å². The lowest BCUT2D eigenvalue weighted by Gasteiger charge is -2.05. The second-order valence-electron chi connectivity index (χ2n) is 3.54. The summed E-state index contributed by atoms with van der Waals surface area (Å²) in [5.41, 5.74) is -0.135. The van der Waals surface area contributed by atoms with Gasteiger partial charge < -0.3 is 0 Å². The van der Waals surface area contributed by atoms with Crippen molar-refractivity contribution in [1.29, 1.82) is 0 Å². The Labute approximate surface area is 101 Å². The molecule has 0 amide bonds. The van der Waals surface area contributed by atoms with Gasteiger partial charge >= 0.3 is 0 Å². The largest absolute Gasteiger partial charge is 0.296 e. The van der Waals surface area contributed by atoms with Crippen molar-refractivity contribution in [2.45, 2.75) is 25.8 Å². The van der Waals surface area contributed by atoms with Crippen LogP contribution in [0.3, 0.4) is 0 Å². The van der Waals surface area contributed by atoms with Crippen LogP contribution in [0.25, 0.3) is 0 Å². The van der Waals surface area contributed by atoms with Gasteiger partial charge in [0.05, 0.1) is 18.7 Å². The highest BCUT2D eigenvalue weighted by Crippen LogP contribution is 2.09. The van der Waals surface area contributed by atoms with E-state index < -0.39 is 30.8 Å². The first-order chi connectivity index (χ1) is 8.50. The number of carbonyl (C=O) groups excluding carboxylic acids is 1. The van der Waals surface area contributed by atoms with Gasteiger partial charge in [-0.25, -0.2) is 17.6 Å². The molecule has 0 N–H and O–H groups in total. The first-order valence-corrected chi connectivity index (χ1v) is 5.17. The van der Waals surface area contributed by atoms with Gasteiger partial charge in [-0.3, -0.25) is 9.79 Å². The molecule has 0 atom stereocenters. The van der Waals surface area contributed by atoms with E-state index in [0.717, 1.165) is 0 Å². The van der Waals surface area contributed by atoms with E-state index >= 15 is 0 Å². The zero-order valence-electron chi connectivity index (χ0n) is 9.32. The van der Waals surface area contributed by atoms with Crippen LogP contribution < -0.4 is 0 Å². The van der Waals surface area contributed by atoms with E-state index in [0.29, 0.717) is 5.56 Å². The lowest BCUT2D eigenvalue weighted by molar-refractivity contribution is -0.128. The minimum absolute atomic E-state index is 0.0585. The molecule has 18 heavy (non-hydrogen) atoms. The molecule has 6 heteroatoms. The zero-order chi connectivity index (χ0) is 13.5. The van der Waals surface area contributed by atoms with Crippen molar-refractivity contribution in [3.05, 3.63) is 35.9 Å². The molecule has 0 aliphatic heterocycles. The maximum Gasteiger partial charge on any atom is 0.296 e. The summed E-state index contributed by atoms with van der Waals surface area (Å²) < 4.78 is 48.9. The number of ketones is 1. The van der Waals surface area contributed by atoms with Crippen LogP contribution in [0.5, 0.6) is 0 Å². The van der Waals surface area contributed by atoms with Crippen molar-refractivity contribution in [3.8, 4) is 0 Å². The van der Waals surface area contributed by atoms with Crippen LogP contribution in [0.4, 0.5) is 17.6 Å². The van der Waals surface area contributed by atoms with E-state index in [4.69, 9.17) is 0 Å². The number of halogens is 4. The summed E-state index contributed by atoms with van der Waals surface area (Å²) in [6.45, 7) is -0.0585. The molecule has 1 aromatic carbocycles. The van der Waals surface area contributed by atoms with Gasteiger partial charge in [0.1, 0.15) is 0 Å². The van der Waals surface area contributed by atoms with Gasteiger partial charge in [-0.1, -0.05) is 30.3 Å². The van der Waals surface area contributed by atoms with E-state index in [9.17, 15) is 22.4 Å². The number of aliphatic imine (C=N–C) groups is 1. The van der Waals surface area contributed by atoms with Gasteiger partial charge in [-0.05, 0) is 5.56 Å². The van der Waals surface area contributed by atoms with Crippen molar-refractivity contribution in [1.82, 2.24) is 0 Å². The smallest absolute Gasteiger partial charge is 0.293 e. The molecule has 0 aromatic heterocycles. The molecular weight excluding hydrogens is 250 g/mol. The summed E-state index contributed by atoms with van der Waals surface area (Å²) in [5.74, 6) is -1.54. The molecule has 0 radical (unpaired) electrons. The summed E-state index contributed by atoms with van der Waals surface area (Å²) in [5, 5.41) is 0. The van der Waals surface area contributed by atoms with Gasteiger partial charge in [-0.2, -0.15) is 0 Å². The molecule has 0 unspecified atom stereocenters. The SMILES string of the molecule is O=C(CC(=NCc1ccccc1)C(F)F)C(F)F. The van der Waals surface area contributed by atoms with E-state index in [1.807, 2.05) is 0 Å². The number of alkyl halides is 4. The molecule has 0 bridgehead atoms. The highest BCUT2D eigenvalue weighted by atomic mass is 19.3.